The Morgan fingerprint density at radius 1 is 1.28 bits per heavy atom. The van der Waals surface area contributed by atoms with E-state index in [4.69, 9.17) is 31.5 Å². The molecule has 2 heterocycles. The number of hydrogen-bond acceptors (Lipinski definition) is 7. The molecular formula is C22H33ClN4O5. The molecule has 0 aromatic heterocycles. The number of nitrogens with two attached hydrogens (primary N) is 1. The largest absolute Gasteiger partial charge is 0.493 e. The van der Waals surface area contributed by atoms with Gasteiger partial charge in [0.2, 0.25) is 0 Å². The molecule has 10 heteroatoms. The zero-order chi connectivity index (χ0) is 23.1. The summed E-state index contributed by atoms with van der Waals surface area (Å²) in [5.74, 6) is 0.678. The number of anilines is 1. The van der Waals surface area contributed by atoms with E-state index in [0.29, 0.717) is 47.7 Å². The predicted octanol–water partition coefficient (Wildman–Crippen LogP) is 2.23. The van der Waals surface area contributed by atoms with Crippen LogP contribution in [0.5, 0.6) is 5.75 Å². The fourth-order valence-corrected chi connectivity index (χ4v) is 4.35. The molecule has 9 nitrogen and oxygen atoms in total. The number of carbonyl (C=O) groups is 2. The van der Waals surface area contributed by atoms with E-state index < -0.39 is 0 Å². The van der Waals surface area contributed by atoms with E-state index >= 15 is 0 Å². The molecule has 1 atom stereocenters. The second-order valence-electron chi connectivity index (χ2n) is 8.17. The lowest BCUT2D eigenvalue weighted by Crippen LogP contribution is -2.50. The van der Waals surface area contributed by atoms with E-state index in [1.54, 1.807) is 11.0 Å². The number of piperidine rings is 1. The van der Waals surface area contributed by atoms with E-state index in [-0.39, 0.29) is 18.1 Å². The molecule has 3 N–H and O–H groups in total. The van der Waals surface area contributed by atoms with Crippen LogP contribution in [0.15, 0.2) is 12.1 Å². The quantitative estimate of drug-likeness (QED) is 0.591. The number of benzene rings is 1. The van der Waals surface area contributed by atoms with E-state index in [9.17, 15) is 9.59 Å². The van der Waals surface area contributed by atoms with Crippen molar-refractivity contribution >= 4 is 29.3 Å². The minimum Gasteiger partial charge on any atom is -0.493 e. The third-order valence-corrected chi connectivity index (χ3v) is 6.25. The summed E-state index contributed by atoms with van der Waals surface area (Å²) in [5, 5.41) is 3.25. The van der Waals surface area contributed by atoms with Crippen LogP contribution in [0, 0.1) is 5.92 Å². The van der Waals surface area contributed by atoms with Gasteiger partial charge in [0, 0.05) is 45.3 Å². The summed E-state index contributed by atoms with van der Waals surface area (Å²) in [4.78, 5) is 28.5. The van der Waals surface area contributed by atoms with Crippen LogP contribution in [0.25, 0.3) is 0 Å². The van der Waals surface area contributed by atoms with Crippen LogP contribution in [0.3, 0.4) is 0 Å². The maximum atomic E-state index is 12.8. The molecule has 0 aliphatic carbocycles. The lowest BCUT2D eigenvalue weighted by molar-refractivity contribution is -0.0333. The Morgan fingerprint density at radius 3 is 2.72 bits per heavy atom. The SMILES string of the molecule is CCOc1cc(N)c(Cl)cc1C(=O)NCC1CN(CC2CCN(C(=O)OC)CC2)CCO1. The Labute approximate surface area is 194 Å². The van der Waals surface area contributed by atoms with Crippen molar-refractivity contribution in [1.29, 1.82) is 0 Å². The molecule has 2 aliphatic heterocycles. The molecule has 0 radical (unpaired) electrons. The highest BCUT2D eigenvalue weighted by Crippen LogP contribution is 2.29. The number of ether oxygens (including phenoxy) is 3. The maximum absolute atomic E-state index is 12.8. The van der Waals surface area contributed by atoms with Crippen LogP contribution in [0.4, 0.5) is 10.5 Å². The average Bonchev–Trinajstić information content (AvgIpc) is 2.80. The first kappa shape index (κ1) is 24.4. The number of morpholine rings is 1. The summed E-state index contributed by atoms with van der Waals surface area (Å²) in [7, 11) is 1.42. The molecule has 3 rings (SSSR count). The van der Waals surface area contributed by atoms with E-state index in [2.05, 4.69) is 10.2 Å². The van der Waals surface area contributed by atoms with Gasteiger partial charge in [-0.25, -0.2) is 4.79 Å². The van der Waals surface area contributed by atoms with Gasteiger partial charge in [-0.05, 0) is 31.7 Å². The number of nitrogen functional groups attached to an aromatic ring is 1. The monoisotopic (exact) mass is 468 g/mol. The van der Waals surface area contributed by atoms with Crippen molar-refractivity contribution in [3.8, 4) is 5.75 Å². The number of halogens is 1. The molecule has 2 aliphatic rings. The van der Waals surface area contributed by atoms with Crippen LogP contribution in [-0.4, -0.2) is 87.5 Å². The summed E-state index contributed by atoms with van der Waals surface area (Å²) in [5.41, 5.74) is 6.57. The zero-order valence-corrected chi connectivity index (χ0v) is 19.5. The molecule has 1 aromatic carbocycles. The first-order chi connectivity index (χ1) is 15.4. The minimum atomic E-state index is -0.272. The smallest absolute Gasteiger partial charge is 0.409 e. The van der Waals surface area contributed by atoms with Gasteiger partial charge in [-0.15, -0.1) is 0 Å². The third kappa shape index (κ3) is 6.40. The van der Waals surface area contributed by atoms with Crippen molar-refractivity contribution in [3.05, 3.63) is 22.7 Å². The first-order valence-corrected chi connectivity index (χ1v) is 11.5. The standard InChI is InChI=1S/C22H33ClN4O5/c1-3-31-20-11-19(24)18(23)10-17(20)21(28)25-12-16-14-26(8-9-32-16)13-15-4-6-27(7-5-15)22(29)30-2/h10-11,15-16H,3-9,12-14,24H2,1-2H3,(H,25,28). The average molecular weight is 469 g/mol. The van der Waals surface area contributed by atoms with E-state index in [0.717, 1.165) is 45.6 Å². The normalized spacial score (nSPS) is 20.1. The summed E-state index contributed by atoms with van der Waals surface area (Å²) in [6, 6.07) is 3.11. The molecule has 2 fully saturated rings. The first-order valence-electron chi connectivity index (χ1n) is 11.1. The van der Waals surface area contributed by atoms with Crippen molar-refractivity contribution in [2.75, 3.05) is 65.3 Å². The van der Waals surface area contributed by atoms with Gasteiger partial charge < -0.3 is 30.2 Å². The van der Waals surface area contributed by atoms with E-state index in [1.807, 2.05) is 6.92 Å². The topological polar surface area (TPSA) is 106 Å². The van der Waals surface area contributed by atoms with Gasteiger partial charge >= 0.3 is 6.09 Å². The minimum absolute atomic E-state index is 0.0948. The molecule has 0 spiro atoms. The van der Waals surface area contributed by atoms with Crippen LogP contribution >= 0.6 is 11.6 Å². The Kier molecular flexibility index (Phi) is 8.84. The second kappa shape index (κ2) is 11.6. The van der Waals surface area contributed by atoms with E-state index in [1.165, 1.54) is 13.2 Å². The second-order valence-corrected chi connectivity index (χ2v) is 8.57. The Morgan fingerprint density at radius 2 is 2.03 bits per heavy atom. The van der Waals surface area contributed by atoms with Gasteiger partial charge in [-0.2, -0.15) is 0 Å². The van der Waals surface area contributed by atoms with Crippen molar-refractivity contribution in [2.24, 2.45) is 5.92 Å². The number of carbonyl (C=O) groups excluding carboxylic acids is 2. The fourth-order valence-electron chi connectivity index (χ4n) is 4.19. The summed E-state index contributed by atoms with van der Waals surface area (Å²) < 4.78 is 16.2. The summed E-state index contributed by atoms with van der Waals surface area (Å²) in [6.07, 6.45) is 1.58. The third-order valence-electron chi connectivity index (χ3n) is 5.92. The predicted molar refractivity (Wildman–Crippen MR) is 122 cm³/mol. The van der Waals surface area contributed by atoms with Crippen LogP contribution in [0.2, 0.25) is 5.02 Å². The highest BCUT2D eigenvalue weighted by atomic mass is 35.5. The number of hydrogen-bond donors (Lipinski definition) is 2. The van der Waals surface area contributed by atoms with Crippen LogP contribution in [-0.2, 0) is 9.47 Å². The van der Waals surface area contributed by atoms with Gasteiger partial charge in [-0.3, -0.25) is 9.69 Å². The molecule has 1 aromatic rings. The Bertz CT molecular complexity index is 801. The number of nitrogens with zero attached hydrogens (tertiary/aromatic N) is 2. The highest BCUT2D eigenvalue weighted by Gasteiger charge is 2.28. The molecule has 1 unspecified atom stereocenters. The van der Waals surface area contributed by atoms with Gasteiger partial charge in [0.25, 0.3) is 5.91 Å². The number of rotatable bonds is 7. The summed E-state index contributed by atoms with van der Waals surface area (Å²) >= 11 is 6.10. The number of methoxy groups -OCH3 is 1. The Hall–Kier alpha value is -2.23. The van der Waals surface area contributed by atoms with Crippen molar-refractivity contribution < 1.29 is 23.8 Å². The van der Waals surface area contributed by atoms with Gasteiger partial charge in [-0.1, -0.05) is 11.6 Å². The molecule has 2 saturated heterocycles. The molecule has 32 heavy (non-hydrogen) atoms. The van der Waals surface area contributed by atoms with Crippen LogP contribution in [0.1, 0.15) is 30.1 Å². The van der Waals surface area contributed by atoms with Gasteiger partial charge in [0.15, 0.2) is 0 Å². The molecule has 0 bridgehead atoms. The van der Waals surface area contributed by atoms with Gasteiger partial charge in [0.05, 0.1) is 42.7 Å². The lowest BCUT2D eigenvalue weighted by atomic mass is 9.96. The zero-order valence-electron chi connectivity index (χ0n) is 18.8. The number of likely N-dealkylation sites (tertiary alicyclic amines) is 1. The highest BCUT2D eigenvalue weighted by molar-refractivity contribution is 6.33. The molecule has 178 valence electrons. The van der Waals surface area contributed by atoms with Crippen molar-refractivity contribution in [2.45, 2.75) is 25.9 Å². The van der Waals surface area contributed by atoms with Crippen molar-refractivity contribution in [3.63, 3.8) is 0 Å². The number of nitrogens with one attached hydrogen (secondary N) is 1. The van der Waals surface area contributed by atoms with Crippen LogP contribution < -0.4 is 15.8 Å². The lowest BCUT2D eigenvalue weighted by Gasteiger charge is -2.37. The molecule has 0 saturated carbocycles. The van der Waals surface area contributed by atoms with Gasteiger partial charge in [0.1, 0.15) is 5.75 Å². The molecular weight excluding hydrogens is 436 g/mol. The van der Waals surface area contributed by atoms with Crippen molar-refractivity contribution in [1.82, 2.24) is 15.1 Å². The summed E-state index contributed by atoms with van der Waals surface area (Å²) in [6.45, 7) is 7.31. The molecule has 2 amide bonds. The fraction of sp³-hybridized carbons (Fsp3) is 0.636. The Balaban J connectivity index is 1.48. The number of amides is 2. The maximum Gasteiger partial charge on any atom is 0.409 e.